The molecule has 1 aromatic rings. The molecule has 1 aromatic carbocycles. The van der Waals surface area contributed by atoms with Crippen molar-refractivity contribution in [2.75, 3.05) is 13.2 Å². The molecule has 5 fully saturated rings. The van der Waals surface area contributed by atoms with Gasteiger partial charge in [-0.3, -0.25) is 4.79 Å². The molecular formula is C32H40O4. The maximum Gasteiger partial charge on any atom is 0.171 e. The summed E-state index contributed by atoms with van der Waals surface area (Å²) < 4.78 is 12.9. The number of fused-ring (bicyclic) bond motifs is 4. The second-order valence-corrected chi connectivity index (χ2v) is 14.2. The molecule has 0 amide bonds. The van der Waals surface area contributed by atoms with Crippen LogP contribution in [-0.2, 0) is 20.7 Å². The highest BCUT2D eigenvalue weighted by Gasteiger charge is 2.72. The van der Waals surface area contributed by atoms with Gasteiger partial charge < -0.3 is 14.6 Å². The fourth-order valence-electron chi connectivity index (χ4n) is 10.2. The van der Waals surface area contributed by atoms with Crippen molar-refractivity contribution in [1.29, 1.82) is 0 Å². The predicted octanol–water partition coefficient (Wildman–Crippen LogP) is 5.39. The maximum atomic E-state index is 13.3. The van der Waals surface area contributed by atoms with Gasteiger partial charge in [-0.1, -0.05) is 38.8 Å². The number of terminal acetylenes is 1. The van der Waals surface area contributed by atoms with Crippen molar-refractivity contribution in [3.05, 3.63) is 34.9 Å². The van der Waals surface area contributed by atoms with E-state index in [0.717, 1.165) is 50.5 Å². The van der Waals surface area contributed by atoms with Crippen LogP contribution in [0.25, 0.3) is 0 Å². The molecular weight excluding hydrogens is 448 g/mol. The first-order chi connectivity index (χ1) is 17.1. The van der Waals surface area contributed by atoms with E-state index in [9.17, 15) is 9.90 Å². The van der Waals surface area contributed by atoms with Crippen LogP contribution in [0.4, 0.5) is 0 Å². The van der Waals surface area contributed by atoms with Crippen LogP contribution in [0.1, 0.15) is 94.7 Å². The van der Waals surface area contributed by atoms with E-state index < -0.39 is 11.4 Å². The third-order valence-corrected chi connectivity index (χ3v) is 11.9. The number of ether oxygens (including phenoxy) is 2. The topological polar surface area (TPSA) is 55.8 Å². The van der Waals surface area contributed by atoms with Crippen molar-refractivity contribution in [3.8, 4) is 12.3 Å². The lowest BCUT2D eigenvalue weighted by Gasteiger charge is -2.70. The van der Waals surface area contributed by atoms with Gasteiger partial charge in [0.15, 0.2) is 5.79 Å². The van der Waals surface area contributed by atoms with E-state index in [1.54, 1.807) is 0 Å². The highest BCUT2D eigenvalue weighted by Crippen LogP contribution is 2.73. The molecule has 0 radical (unpaired) electrons. The van der Waals surface area contributed by atoms with Gasteiger partial charge in [0.2, 0.25) is 0 Å². The first kappa shape index (κ1) is 23.4. The Kier molecular flexibility index (Phi) is 4.72. The fraction of sp³-hybridized carbons (Fsp3) is 0.719. The van der Waals surface area contributed by atoms with Gasteiger partial charge in [0.05, 0.1) is 18.8 Å². The van der Waals surface area contributed by atoms with E-state index in [1.165, 1.54) is 11.1 Å². The molecule has 0 bridgehead atoms. The molecule has 6 aliphatic rings. The Balaban J connectivity index is 1.36. The molecule has 4 heteroatoms. The molecule has 192 valence electrons. The number of carbonyl (C=O) groups is 1. The maximum absolute atomic E-state index is 13.3. The second kappa shape index (κ2) is 7.25. The van der Waals surface area contributed by atoms with E-state index in [2.05, 4.69) is 44.9 Å². The van der Waals surface area contributed by atoms with E-state index >= 15 is 0 Å². The summed E-state index contributed by atoms with van der Waals surface area (Å²) in [5, 5.41) is 12.7. The quantitative estimate of drug-likeness (QED) is 0.497. The van der Waals surface area contributed by atoms with Gasteiger partial charge in [-0.25, -0.2) is 0 Å². The van der Waals surface area contributed by atoms with Crippen LogP contribution in [0.3, 0.4) is 0 Å². The zero-order valence-electron chi connectivity index (χ0n) is 22.1. The minimum absolute atomic E-state index is 0.0000713. The predicted molar refractivity (Wildman–Crippen MR) is 137 cm³/mol. The summed E-state index contributed by atoms with van der Waals surface area (Å²) >= 11 is 0. The van der Waals surface area contributed by atoms with Crippen LogP contribution >= 0.6 is 0 Å². The van der Waals surface area contributed by atoms with Gasteiger partial charge in [0.25, 0.3) is 0 Å². The van der Waals surface area contributed by atoms with Crippen molar-refractivity contribution >= 4 is 5.78 Å². The number of ketones is 1. The van der Waals surface area contributed by atoms with Gasteiger partial charge in [0, 0.05) is 41.1 Å². The Hall–Kier alpha value is -1.67. The number of carbonyl (C=O) groups excluding carboxylic acids is 1. The molecule has 1 saturated heterocycles. The molecule has 7 atom stereocenters. The summed E-state index contributed by atoms with van der Waals surface area (Å²) in [6, 6.07) is 6.42. The van der Waals surface area contributed by atoms with Crippen LogP contribution < -0.4 is 0 Å². The molecule has 1 heterocycles. The lowest BCUT2D eigenvalue weighted by atomic mass is 9.37. The largest absolute Gasteiger partial charge is 0.389 e. The van der Waals surface area contributed by atoms with Gasteiger partial charge >= 0.3 is 0 Å². The Morgan fingerprint density at radius 2 is 1.86 bits per heavy atom. The Morgan fingerprint density at radius 3 is 2.61 bits per heavy atom. The number of hydrogen-bond donors (Lipinski definition) is 1. The van der Waals surface area contributed by atoms with Crippen LogP contribution in [0, 0.1) is 46.3 Å². The monoisotopic (exact) mass is 488 g/mol. The molecule has 1 N–H and O–H groups in total. The zero-order valence-corrected chi connectivity index (χ0v) is 22.1. The van der Waals surface area contributed by atoms with Gasteiger partial charge in [-0.05, 0) is 79.4 Å². The summed E-state index contributed by atoms with van der Waals surface area (Å²) in [4.78, 5) is 13.3. The summed E-state index contributed by atoms with van der Waals surface area (Å²) in [5.74, 6) is 4.28. The summed E-state index contributed by atoms with van der Waals surface area (Å²) in [6.07, 6.45) is 13.5. The second-order valence-electron chi connectivity index (χ2n) is 14.2. The first-order valence-electron chi connectivity index (χ1n) is 14.2. The highest BCUT2D eigenvalue weighted by molar-refractivity contribution is 5.87. The minimum atomic E-state index is -0.859. The number of aliphatic hydroxyl groups is 1. The van der Waals surface area contributed by atoms with Crippen LogP contribution in [0.15, 0.2) is 18.2 Å². The first-order valence-corrected chi connectivity index (χ1v) is 14.2. The van der Waals surface area contributed by atoms with Gasteiger partial charge in [0.1, 0.15) is 5.78 Å². The van der Waals surface area contributed by atoms with Crippen molar-refractivity contribution < 1.29 is 19.4 Å². The molecule has 4 saturated carbocycles. The third-order valence-electron chi connectivity index (χ3n) is 11.9. The van der Waals surface area contributed by atoms with Crippen LogP contribution in [-0.4, -0.2) is 35.5 Å². The zero-order chi connectivity index (χ0) is 25.1. The van der Waals surface area contributed by atoms with Crippen molar-refractivity contribution in [2.24, 2.45) is 34.0 Å². The fourth-order valence-corrected chi connectivity index (χ4v) is 10.2. The number of benzene rings is 1. The SMILES string of the molecule is C#Cc1cccc2c1C[C@]13CCC4(C[C@]1(O)CC[C@@H]1C3C2C[C@]2(C)C(=O)CC[C@@H]12)OCC(C)(C)CO4. The van der Waals surface area contributed by atoms with Gasteiger partial charge in [-0.15, -0.1) is 6.42 Å². The Bertz CT molecular complexity index is 1170. The lowest BCUT2D eigenvalue weighted by Crippen LogP contribution is -2.70. The smallest absolute Gasteiger partial charge is 0.171 e. The average Bonchev–Trinajstić information content (AvgIpc) is 3.15. The number of hydrogen-bond acceptors (Lipinski definition) is 4. The Labute approximate surface area is 215 Å². The molecule has 2 unspecified atom stereocenters. The summed E-state index contributed by atoms with van der Waals surface area (Å²) in [6.45, 7) is 7.93. The van der Waals surface area contributed by atoms with E-state index in [0.29, 0.717) is 49.6 Å². The van der Waals surface area contributed by atoms with E-state index in [1.807, 2.05) is 0 Å². The van der Waals surface area contributed by atoms with Crippen LogP contribution in [0.2, 0.25) is 0 Å². The Morgan fingerprint density at radius 1 is 1.08 bits per heavy atom. The molecule has 0 aromatic heterocycles. The lowest BCUT2D eigenvalue weighted by molar-refractivity contribution is -0.357. The molecule has 2 spiro atoms. The highest BCUT2D eigenvalue weighted by atomic mass is 16.7. The van der Waals surface area contributed by atoms with E-state index in [-0.39, 0.29) is 22.2 Å². The number of Topliss-reactive ketones (excluding diaryl/α,β-unsaturated/α-hetero) is 1. The van der Waals surface area contributed by atoms with Crippen LogP contribution in [0.5, 0.6) is 0 Å². The molecule has 36 heavy (non-hydrogen) atoms. The van der Waals surface area contributed by atoms with Gasteiger partial charge in [-0.2, -0.15) is 0 Å². The van der Waals surface area contributed by atoms with Crippen molar-refractivity contribution in [3.63, 3.8) is 0 Å². The van der Waals surface area contributed by atoms with Crippen molar-refractivity contribution in [2.45, 2.75) is 95.9 Å². The number of rotatable bonds is 0. The molecule has 4 nitrogen and oxygen atoms in total. The van der Waals surface area contributed by atoms with Crippen molar-refractivity contribution in [1.82, 2.24) is 0 Å². The average molecular weight is 489 g/mol. The minimum Gasteiger partial charge on any atom is -0.389 e. The normalized spacial score (nSPS) is 45.7. The summed E-state index contributed by atoms with van der Waals surface area (Å²) in [5.41, 5.74) is 2.19. The standard InChI is InChI=1S/C32H40O4/c1-5-20-7-6-8-21-23(20)16-30-13-14-32(35-18-28(2,3)19-36-32)17-31(30,34)12-11-22-25-9-10-26(33)29(25,4)15-24(21)27(22)30/h1,6-8,22,24-25,27,34H,9-19H2,2-4H3/t22-,24?,25-,27?,29-,30-,31+/m0/s1. The molecule has 7 rings (SSSR count). The molecule has 5 aliphatic carbocycles. The van der Waals surface area contributed by atoms with E-state index in [4.69, 9.17) is 15.9 Å². The summed E-state index contributed by atoms with van der Waals surface area (Å²) in [7, 11) is 0. The molecule has 1 aliphatic heterocycles. The third kappa shape index (κ3) is 2.86.